The van der Waals surface area contributed by atoms with E-state index in [4.69, 9.17) is 3.87 Å². The molecular formula is H2CaCoLaO. The summed E-state index contributed by atoms with van der Waals surface area (Å²) in [6, 6.07) is 0. The number of rotatable bonds is 0. The van der Waals surface area contributed by atoms with Crippen LogP contribution in [-0.4, -0.2) is 37.7 Å². The standard InChI is InChI=1S/Ca.Co.La.O.2H/q+2;;;;2*-1. The van der Waals surface area contributed by atoms with Crippen LogP contribution < -0.4 is 0 Å². The molecule has 0 aromatic rings. The molecule has 0 atom stereocenters. The fourth-order valence-corrected chi connectivity index (χ4v) is 0. The van der Waals surface area contributed by atoms with Gasteiger partial charge in [-0.25, -0.2) is 0 Å². The van der Waals surface area contributed by atoms with Crippen LogP contribution in [0.15, 0.2) is 0 Å². The Hall–Kier alpha value is 2.76. The Kier molecular flexibility index (Phi) is 67.9. The van der Waals surface area contributed by atoms with Gasteiger partial charge >= 0.3 is 57.3 Å². The maximum absolute atomic E-state index is 7.94. The van der Waals surface area contributed by atoms with Gasteiger partial charge < -0.3 is 2.85 Å². The van der Waals surface area contributed by atoms with E-state index < -0.39 is 0 Å². The number of hydrogen-bond donors (Lipinski definition) is 0. The zero-order chi connectivity index (χ0) is 2.00. The van der Waals surface area contributed by atoms with Gasteiger partial charge in [-0.3, -0.25) is 0 Å². The third-order valence-electron chi connectivity index (χ3n) is 0. The van der Waals surface area contributed by atoms with Crippen molar-refractivity contribution < 1.29 is 58.0 Å². The van der Waals surface area contributed by atoms with Crippen molar-refractivity contribution in [2.45, 2.75) is 0 Å². The Morgan fingerprint density at radius 3 is 1.50 bits per heavy atom. The van der Waals surface area contributed by atoms with Crippen molar-refractivity contribution in [2.24, 2.45) is 0 Å². The van der Waals surface area contributed by atoms with Crippen LogP contribution in [0.5, 0.6) is 0 Å². The van der Waals surface area contributed by atoms with E-state index >= 15 is 0 Å². The Morgan fingerprint density at radius 1 is 1.50 bits per heavy atom. The molecule has 0 bridgehead atoms. The van der Waals surface area contributed by atoms with Crippen molar-refractivity contribution in [3.63, 3.8) is 0 Å². The van der Waals surface area contributed by atoms with Gasteiger partial charge in [0.1, 0.15) is 0 Å². The summed E-state index contributed by atoms with van der Waals surface area (Å²) < 4.78 is 7.94. The SMILES string of the molecule is [Ca+2].[H-].[H-].[La].[O]=[Co]. The van der Waals surface area contributed by atoms with Crippen LogP contribution in [0.2, 0.25) is 0 Å². The third-order valence-corrected chi connectivity index (χ3v) is 0. The fourth-order valence-electron chi connectivity index (χ4n) is 0. The van der Waals surface area contributed by atoms with Crippen LogP contribution in [0, 0.1) is 35.6 Å². The van der Waals surface area contributed by atoms with Crippen molar-refractivity contribution >= 4 is 37.7 Å². The molecule has 0 fully saturated rings. The first kappa shape index (κ1) is 15.9. The predicted molar refractivity (Wildman–Crippen MR) is 8.66 cm³/mol. The first-order valence-electron chi connectivity index (χ1n) is 0.136. The molecule has 0 aromatic heterocycles. The third kappa shape index (κ3) is 8.83. The van der Waals surface area contributed by atoms with Crippen LogP contribution in [0.1, 0.15) is 2.85 Å². The molecule has 1 radical (unpaired) electrons. The minimum atomic E-state index is 0. The molecule has 0 spiro atoms. The molecule has 0 unspecified atom stereocenters. The van der Waals surface area contributed by atoms with Crippen LogP contribution in [0.3, 0.4) is 0 Å². The first-order chi connectivity index (χ1) is 1.00. The molecule has 22 valence electrons. The molecule has 0 N–H and O–H groups in total. The summed E-state index contributed by atoms with van der Waals surface area (Å²) in [4.78, 5) is 0. The summed E-state index contributed by atoms with van der Waals surface area (Å²) in [5, 5.41) is 0. The van der Waals surface area contributed by atoms with Gasteiger partial charge in [0.05, 0.1) is 0 Å². The molecule has 0 saturated carbocycles. The maximum atomic E-state index is 7.94. The summed E-state index contributed by atoms with van der Waals surface area (Å²) in [6.07, 6.45) is 0. The summed E-state index contributed by atoms with van der Waals surface area (Å²) in [5.41, 5.74) is 0. The van der Waals surface area contributed by atoms with Crippen molar-refractivity contribution in [3.8, 4) is 0 Å². The van der Waals surface area contributed by atoms with Gasteiger partial charge in [-0.15, -0.1) is 0 Å². The first-order valence-corrected chi connectivity index (χ1v) is 0.561. The molecule has 0 amide bonds. The quantitative estimate of drug-likeness (QED) is 0.545. The van der Waals surface area contributed by atoms with Crippen LogP contribution in [0.4, 0.5) is 0 Å². The van der Waals surface area contributed by atoms with Gasteiger partial charge in [-0.2, -0.15) is 0 Å². The molecule has 0 aliphatic heterocycles. The van der Waals surface area contributed by atoms with Gasteiger partial charge in [-0.1, -0.05) is 0 Å². The van der Waals surface area contributed by atoms with Gasteiger partial charge in [0.2, 0.25) is 0 Å². The minimum absolute atomic E-state index is 0. The Labute approximate surface area is 93.6 Å². The Morgan fingerprint density at radius 2 is 1.50 bits per heavy atom. The number of hydrogen-bond acceptors (Lipinski definition) is 1. The normalized spacial score (nSPS) is 1.25. The van der Waals surface area contributed by atoms with Crippen LogP contribution in [-0.2, 0) is 19.5 Å². The van der Waals surface area contributed by atoms with Gasteiger partial charge in [0.25, 0.3) is 0 Å². The summed E-state index contributed by atoms with van der Waals surface area (Å²) in [7, 11) is 0. The molecule has 0 saturated heterocycles. The molecule has 0 aromatic carbocycles. The van der Waals surface area contributed by atoms with Gasteiger partial charge in [-0.05, 0) is 0 Å². The zero-order valence-electron chi connectivity index (χ0n) is 4.03. The van der Waals surface area contributed by atoms with E-state index in [2.05, 4.69) is 15.7 Å². The second-order valence-electron chi connectivity index (χ2n) is 0. The van der Waals surface area contributed by atoms with Crippen LogP contribution >= 0.6 is 0 Å². The van der Waals surface area contributed by atoms with E-state index in [0.29, 0.717) is 0 Å². The molecule has 0 heterocycles. The van der Waals surface area contributed by atoms with E-state index in [-0.39, 0.29) is 76.2 Å². The molecular weight excluding hydrogens is 254 g/mol. The molecule has 1 nitrogen and oxygen atoms in total. The zero-order valence-corrected chi connectivity index (χ0v) is 8.90. The second-order valence-corrected chi connectivity index (χ2v) is 0. The molecule has 0 aliphatic rings. The van der Waals surface area contributed by atoms with Crippen molar-refractivity contribution in [3.05, 3.63) is 0 Å². The average Bonchev–Trinajstić information content (AvgIpc) is 1.00. The molecule has 0 rings (SSSR count). The Balaban J connectivity index is -0.000000000833. The Bertz CT molecular complexity index is 13.5. The van der Waals surface area contributed by atoms with Gasteiger partial charge in [0, 0.05) is 35.6 Å². The fraction of sp³-hybridized carbons (Fsp3) is 0. The molecule has 0 aliphatic carbocycles. The van der Waals surface area contributed by atoms with Crippen molar-refractivity contribution in [1.29, 1.82) is 0 Å². The second kappa shape index (κ2) is 17.1. The van der Waals surface area contributed by atoms with E-state index in [1.807, 2.05) is 0 Å². The van der Waals surface area contributed by atoms with Crippen molar-refractivity contribution in [2.75, 3.05) is 0 Å². The predicted octanol–water partition coefficient (Wildman–Crippen LogP) is -0.277. The summed E-state index contributed by atoms with van der Waals surface area (Å²) in [5.74, 6) is 0. The average molecular weight is 256 g/mol. The van der Waals surface area contributed by atoms with E-state index in [9.17, 15) is 0 Å². The summed E-state index contributed by atoms with van der Waals surface area (Å²) in [6.45, 7) is 0. The van der Waals surface area contributed by atoms with Crippen LogP contribution in [0.25, 0.3) is 0 Å². The topological polar surface area (TPSA) is 17.1 Å². The molecule has 4 heavy (non-hydrogen) atoms. The monoisotopic (exact) mass is 256 g/mol. The van der Waals surface area contributed by atoms with E-state index in [1.165, 1.54) is 0 Å². The van der Waals surface area contributed by atoms with E-state index in [1.54, 1.807) is 0 Å². The van der Waals surface area contributed by atoms with E-state index in [0.717, 1.165) is 0 Å². The molecule has 4 heteroatoms. The van der Waals surface area contributed by atoms with Gasteiger partial charge in [0.15, 0.2) is 0 Å². The summed E-state index contributed by atoms with van der Waals surface area (Å²) >= 11 is 2.31. The van der Waals surface area contributed by atoms with Crippen molar-refractivity contribution in [1.82, 2.24) is 0 Å².